The monoisotopic (exact) mass is 350 g/mol. The van der Waals surface area contributed by atoms with Gasteiger partial charge in [0.15, 0.2) is 0 Å². The van der Waals surface area contributed by atoms with Gasteiger partial charge in [-0.05, 0) is 24.6 Å². The Kier molecular flexibility index (Phi) is 4.58. The number of halogens is 1. The smallest absolute Gasteiger partial charge is 0.231 e. The zero-order valence-electron chi connectivity index (χ0n) is 12.5. The molecule has 0 bridgehead atoms. The minimum atomic E-state index is -0.407. The van der Waals surface area contributed by atoms with Crippen molar-refractivity contribution in [3.8, 4) is 0 Å². The van der Waals surface area contributed by atoms with Crippen molar-refractivity contribution in [2.45, 2.75) is 19.8 Å². The molecule has 2 amide bonds. The van der Waals surface area contributed by atoms with E-state index in [4.69, 9.17) is 11.6 Å². The molecule has 1 aliphatic heterocycles. The third-order valence-corrected chi connectivity index (χ3v) is 4.83. The van der Waals surface area contributed by atoms with Crippen LogP contribution >= 0.6 is 22.9 Å². The Morgan fingerprint density at radius 3 is 3.00 bits per heavy atom. The number of amides is 2. The second kappa shape index (κ2) is 6.64. The van der Waals surface area contributed by atoms with E-state index in [9.17, 15) is 9.59 Å². The van der Waals surface area contributed by atoms with E-state index in [1.165, 1.54) is 11.3 Å². The molecular weight excluding hydrogens is 336 g/mol. The van der Waals surface area contributed by atoms with E-state index in [1.807, 2.05) is 13.0 Å². The van der Waals surface area contributed by atoms with Gasteiger partial charge in [-0.25, -0.2) is 0 Å². The maximum absolute atomic E-state index is 12.3. The topological polar surface area (TPSA) is 75.2 Å². The Hall–Kier alpha value is -1.99. The fourth-order valence-electron chi connectivity index (χ4n) is 2.43. The first-order chi connectivity index (χ1) is 11.1. The summed E-state index contributed by atoms with van der Waals surface area (Å²) >= 11 is 7.31. The summed E-state index contributed by atoms with van der Waals surface area (Å²) in [5, 5.41) is 12.5. The second-order valence-corrected chi connectivity index (χ2v) is 6.73. The summed E-state index contributed by atoms with van der Waals surface area (Å²) in [6.45, 7) is 2.31. The highest BCUT2D eigenvalue weighted by Crippen LogP contribution is 2.28. The summed E-state index contributed by atoms with van der Waals surface area (Å²) in [7, 11) is 0. The predicted molar refractivity (Wildman–Crippen MR) is 89.8 cm³/mol. The van der Waals surface area contributed by atoms with Gasteiger partial charge in [-0.1, -0.05) is 35.9 Å². The lowest BCUT2D eigenvalue weighted by Gasteiger charge is -2.16. The molecule has 2 aromatic rings. The maximum atomic E-state index is 12.3. The Balaban J connectivity index is 1.68. The molecule has 120 valence electrons. The molecule has 1 atom stereocenters. The van der Waals surface area contributed by atoms with Gasteiger partial charge in [-0.2, -0.15) is 0 Å². The fourth-order valence-corrected chi connectivity index (χ4v) is 3.30. The molecular formula is C15H15ClN4O2S. The first-order valence-corrected chi connectivity index (χ1v) is 8.45. The van der Waals surface area contributed by atoms with Gasteiger partial charge >= 0.3 is 0 Å². The number of anilines is 2. The van der Waals surface area contributed by atoms with Gasteiger partial charge in [-0.15, -0.1) is 10.2 Å². The fraction of sp³-hybridized carbons (Fsp3) is 0.333. The van der Waals surface area contributed by atoms with Crippen molar-refractivity contribution in [2.75, 3.05) is 16.8 Å². The number of nitrogens with one attached hydrogen (secondary N) is 1. The van der Waals surface area contributed by atoms with Gasteiger partial charge in [0.1, 0.15) is 5.01 Å². The molecule has 6 nitrogen and oxygen atoms in total. The van der Waals surface area contributed by atoms with Gasteiger partial charge in [0.05, 0.1) is 5.92 Å². The van der Waals surface area contributed by atoms with Crippen LogP contribution in [0.1, 0.15) is 18.4 Å². The highest BCUT2D eigenvalue weighted by atomic mass is 35.5. The van der Waals surface area contributed by atoms with E-state index in [0.717, 1.165) is 11.4 Å². The number of aryl methyl sites for hydroxylation is 1. The SMILES string of the molecule is CCc1nnc(NC(=O)C2CC(=O)N(c3cccc(Cl)c3)C2)s1. The van der Waals surface area contributed by atoms with Crippen LogP contribution in [-0.4, -0.2) is 28.6 Å². The number of rotatable bonds is 4. The molecule has 1 unspecified atom stereocenters. The summed E-state index contributed by atoms with van der Waals surface area (Å²) in [6.07, 6.45) is 0.954. The molecule has 1 aromatic carbocycles. The van der Waals surface area contributed by atoms with Crippen molar-refractivity contribution in [2.24, 2.45) is 5.92 Å². The molecule has 1 aromatic heterocycles. The summed E-state index contributed by atoms with van der Waals surface area (Å²) in [5.74, 6) is -0.698. The third kappa shape index (κ3) is 3.51. The van der Waals surface area contributed by atoms with Crippen LogP contribution in [0.5, 0.6) is 0 Å². The van der Waals surface area contributed by atoms with Gasteiger partial charge < -0.3 is 10.2 Å². The van der Waals surface area contributed by atoms with Crippen LogP contribution in [0.3, 0.4) is 0 Å². The lowest BCUT2D eigenvalue weighted by atomic mass is 10.1. The molecule has 0 radical (unpaired) electrons. The van der Waals surface area contributed by atoms with Gasteiger partial charge in [-0.3, -0.25) is 9.59 Å². The number of carbonyl (C=O) groups excluding carboxylic acids is 2. The van der Waals surface area contributed by atoms with Crippen molar-refractivity contribution in [1.82, 2.24) is 10.2 Å². The molecule has 23 heavy (non-hydrogen) atoms. The number of benzene rings is 1. The third-order valence-electron chi connectivity index (χ3n) is 3.62. The summed E-state index contributed by atoms with van der Waals surface area (Å²) in [6, 6.07) is 7.06. The van der Waals surface area contributed by atoms with Crippen LogP contribution in [0.2, 0.25) is 5.02 Å². The molecule has 8 heteroatoms. The van der Waals surface area contributed by atoms with Crippen LogP contribution in [0, 0.1) is 5.92 Å². The number of carbonyl (C=O) groups is 2. The van der Waals surface area contributed by atoms with Crippen molar-refractivity contribution in [1.29, 1.82) is 0 Å². The zero-order valence-corrected chi connectivity index (χ0v) is 14.0. The van der Waals surface area contributed by atoms with E-state index < -0.39 is 5.92 Å². The Morgan fingerprint density at radius 2 is 2.30 bits per heavy atom. The molecule has 0 saturated carbocycles. The Morgan fingerprint density at radius 1 is 1.48 bits per heavy atom. The Labute approximate surface area is 142 Å². The molecule has 1 aliphatic rings. The molecule has 2 heterocycles. The number of hydrogen-bond acceptors (Lipinski definition) is 5. The van der Waals surface area contributed by atoms with Crippen LogP contribution in [0.25, 0.3) is 0 Å². The summed E-state index contributed by atoms with van der Waals surface area (Å²) in [4.78, 5) is 26.1. The van der Waals surface area contributed by atoms with Crippen LogP contribution in [-0.2, 0) is 16.0 Å². The number of nitrogens with zero attached hydrogens (tertiary/aromatic N) is 3. The van der Waals surface area contributed by atoms with E-state index in [1.54, 1.807) is 23.1 Å². The van der Waals surface area contributed by atoms with Crippen LogP contribution in [0.4, 0.5) is 10.8 Å². The molecule has 1 fully saturated rings. The van der Waals surface area contributed by atoms with E-state index >= 15 is 0 Å². The number of aromatic nitrogens is 2. The van der Waals surface area contributed by atoms with E-state index in [0.29, 0.717) is 22.4 Å². The molecule has 0 aliphatic carbocycles. The van der Waals surface area contributed by atoms with Gasteiger partial charge in [0, 0.05) is 23.7 Å². The van der Waals surface area contributed by atoms with Gasteiger partial charge in [0.2, 0.25) is 16.9 Å². The average molecular weight is 351 g/mol. The highest BCUT2D eigenvalue weighted by Gasteiger charge is 2.35. The second-order valence-electron chi connectivity index (χ2n) is 5.23. The first-order valence-electron chi connectivity index (χ1n) is 7.26. The standard InChI is InChI=1S/C15H15ClN4O2S/c1-2-12-18-19-15(23-12)17-14(22)9-6-13(21)20(8-9)11-5-3-4-10(16)7-11/h3-5,7,9H,2,6,8H2,1H3,(H,17,19,22). The van der Waals surface area contributed by atoms with Gasteiger partial charge in [0.25, 0.3) is 0 Å². The molecule has 1 saturated heterocycles. The minimum absolute atomic E-state index is 0.0843. The predicted octanol–water partition coefficient (Wildman–Crippen LogP) is 2.75. The first kappa shape index (κ1) is 15.9. The lowest BCUT2D eigenvalue weighted by Crippen LogP contribution is -2.28. The summed E-state index contributed by atoms with van der Waals surface area (Å²) in [5.41, 5.74) is 0.710. The lowest BCUT2D eigenvalue weighted by molar-refractivity contribution is -0.122. The zero-order chi connectivity index (χ0) is 16.4. The van der Waals surface area contributed by atoms with Crippen molar-refractivity contribution >= 4 is 45.6 Å². The normalized spacial score (nSPS) is 17.6. The average Bonchev–Trinajstić information content (AvgIpc) is 3.13. The number of hydrogen-bond donors (Lipinski definition) is 1. The van der Waals surface area contributed by atoms with E-state index in [2.05, 4.69) is 15.5 Å². The van der Waals surface area contributed by atoms with Crippen molar-refractivity contribution in [3.63, 3.8) is 0 Å². The largest absolute Gasteiger partial charge is 0.312 e. The van der Waals surface area contributed by atoms with Crippen molar-refractivity contribution < 1.29 is 9.59 Å². The highest BCUT2D eigenvalue weighted by molar-refractivity contribution is 7.15. The Bertz CT molecular complexity index is 749. The van der Waals surface area contributed by atoms with Crippen LogP contribution < -0.4 is 10.2 Å². The van der Waals surface area contributed by atoms with Crippen molar-refractivity contribution in [3.05, 3.63) is 34.3 Å². The molecule has 0 spiro atoms. The molecule has 3 rings (SSSR count). The molecule has 1 N–H and O–H groups in total. The maximum Gasteiger partial charge on any atom is 0.231 e. The summed E-state index contributed by atoms with van der Waals surface area (Å²) < 4.78 is 0. The minimum Gasteiger partial charge on any atom is -0.312 e. The quantitative estimate of drug-likeness (QED) is 0.920. The van der Waals surface area contributed by atoms with Crippen LogP contribution in [0.15, 0.2) is 24.3 Å². The van der Waals surface area contributed by atoms with E-state index in [-0.39, 0.29) is 18.2 Å².